The number of hydrogen-bond acceptors (Lipinski definition) is 5. The SMILES string of the molecule is Cc1cc(C(F)(F)F)cc(N2C[C@@H](C(=O)Nc3cn(C(c4ccccc4)(c4ccccc4)c4ccccc4)cn3)C[C@H]2C(=O)N(C)c2ccc(F)c(Cl)c2)n1. The summed E-state index contributed by atoms with van der Waals surface area (Å²) in [6.45, 7) is 1.32. The second kappa shape index (κ2) is 15.0. The summed E-state index contributed by atoms with van der Waals surface area (Å²) >= 11 is 6.00. The Morgan fingerprint density at radius 2 is 1.42 bits per heavy atom. The molecule has 3 heterocycles. The average molecular weight is 767 g/mol. The standard InChI is InChI=1S/C42H35ClF4N6O2/c1-27-20-32(42(45,46)47)22-38(49-27)53-24-28(21-36(53)40(55)51(2)33-18-19-35(44)34(43)23-33)39(54)50-37-25-52(26-48-37)41(29-12-6-3-7-13-29,30-14-8-4-9-15-30)31-16-10-5-11-17-31/h3-20,22-23,25-26,28,36H,21,24H2,1-2H3,(H,50,54)/t28-,36-/m0/s1. The van der Waals surface area contributed by atoms with Crippen LogP contribution in [0.2, 0.25) is 5.02 Å². The number of nitrogens with one attached hydrogen (secondary N) is 1. The topological polar surface area (TPSA) is 83.4 Å². The van der Waals surface area contributed by atoms with E-state index in [4.69, 9.17) is 11.6 Å². The summed E-state index contributed by atoms with van der Waals surface area (Å²) in [6, 6.07) is 34.2. The van der Waals surface area contributed by atoms with Crippen LogP contribution in [0.25, 0.3) is 0 Å². The predicted octanol–water partition coefficient (Wildman–Crippen LogP) is 8.73. The van der Waals surface area contributed by atoms with Crippen molar-refractivity contribution in [3.8, 4) is 0 Å². The van der Waals surface area contributed by atoms with Gasteiger partial charge in [0, 0.05) is 31.2 Å². The van der Waals surface area contributed by atoms with Crippen molar-refractivity contribution in [1.82, 2.24) is 14.5 Å². The van der Waals surface area contributed by atoms with E-state index in [1.54, 1.807) is 12.5 Å². The van der Waals surface area contributed by atoms with E-state index in [1.165, 1.54) is 35.9 Å². The van der Waals surface area contributed by atoms with Crippen LogP contribution in [-0.4, -0.2) is 46.0 Å². The zero-order chi connectivity index (χ0) is 38.9. The highest BCUT2D eigenvalue weighted by Gasteiger charge is 2.44. The largest absolute Gasteiger partial charge is 0.416 e. The molecule has 8 nitrogen and oxygen atoms in total. The molecule has 55 heavy (non-hydrogen) atoms. The van der Waals surface area contributed by atoms with Gasteiger partial charge in [-0.2, -0.15) is 13.2 Å². The van der Waals surface area contributed by atoms with Crippen LogP contribution in [0.5, 0.6) is 0 Å². The normalized spacial score (nSPS) is 15.9. The van der Waals surface area contributed by atoms with E-state index in [0.29, 0.717) is 0 Å². The molecule has 0 aliphatic carbocycles. The van der Waals surface area contributed by atoms with Crippen LogP contribution in [0.1, 0.15) is 34.4 Å². The van der Waals surface area contributed by atoms with E-state index >= 15 is 0 Å². The first-order chi connectivity index (χ1) is 26.4. The molecule has 0 bridgehead atoms. The second-order valence-corrected chi connectivity index (χ2v) is 13.8. The Hall–Kier alpha value is -6.01. The molecule has 0 spiro atoms. The fourth-order valence-electron chi connectivity index (χ4n) is 7.30. The molecule has 2 atom stereocenters. The molecular weight excluding hydrogens is 732 g/mol. The van der Waals surface area contributed by atoms with Crippen molar-refractivity contribution in [2.24, 2.45) is 5.92 Å². The molecule has 0 unspecified atom stereocenters. The van der Waals surface area contributed by atoms with Crippen molar-refractivity contribution in [1.29, 1.82) is 0 Å². The third kappa shape index (κ3) is 7.29. The minimum atomic E-state index is -4.67. The van der Waals surface area contributed by atoms with E-state index in [-0.39, 0.29) is 41.0 Å². The third-order valence-electron chi connectivity index (χ3n) is 9.94. The van der Waals surface area contributed by atoms with Crippen molar-refractivity contribution in [3.63, 3.8) is 0 Å². The summed E-state index contributed by atoms with van der Waals surface area (Å²) in [4.78, 5) is 39.8. The van der Waals surface area contributed by atoms with Crippen LogP contribution < -0.4 is 15.1 Å². The molecule has 13 heteroatoms. The number of hydrogen-bond donors (Lipinski definition) is 1. The Balaban J connectivity index is 1.23. The quantitative estimate of drug-likeness (QED) is 0.118. The molecule has 1 aliphatic rings. The molecule has 280 valence electrons. The van der Waals surface area contributed by atoms with Crippen molar-refractivity contribution < 1.29 is 27.2 Å². The molecule has 2 aromatic heterocycles. The summed E-state index contributed by atoms with van der Waals surface area (Å²) in [5.41, 5.74) is 1.38. The molecule has 1 fully saturated rings. The lowest BCUT2D eigenvalue weighted by Gasteiger charge is -2.37. The molecule has 6 aromatic rings. The molecule has 0 radical (unpaired) electrons. The minimum absolute atomic E-state index is 0.0520. The summed E-state index contributed by atoms with van der Waals surface area (Å²) in [5, 5.41) is 2.70. The number of rotatable bonds is 9. The monoisotopic (exact) mass is 766 g/mol. The summed E-state index contributed by atoms with van der Waals surface area (Å²) in [7, 11) is 1.45. The second-order valence-electron chi connectivity index (χ2n) is 13.4. The number of carbonyl (C=O) groups excluding carboxylic acids is 2. The van der Waals surface area contributed by atoms with Gasteiger partial charge in [-0.3, -0.25) is 9.59 Å². The Morgan fingerprint density at radius 3 is 1.96 bits per heavy atom. The van der Waals surface area contributed by atoms with Crippen LogP contribution in [0, 0.1) is 18.7 Å². The van der Waals surface area contributed by atoms with Crippen LogP contribution in [0.3, 0.4) is 0 Å². The van der Waals surface area contributed by atoms with Gasteiger partial charge in [0.05, 0.1) is 22.8 Å². The molecular formula is C42H35ClF4N6O2. The fraction of sp³-hybridized carbons (Fsp3) is 0.190. The van der Waals surface area contributed by atoms with E-state index in [2.05, 4.69) is 15.3 Å². The summed E-state index contributed by atoms with van der Waals surface area (Å²) < 4.78 is 57.7. The lowest BCUT2D eigenvalue weighted by molar-refractivity contribution is -0.137. The van der Waals surface area contributed by atoms with Crippen molar-refractivity contribution in [3.05, 3.63) is 173 Å². The first-order valence-electron chi connectivity index (χ1n) is 17.4. The third-order valence-corrected chi connectivity index (χ3v) is 10.2. The van der Waals surface area contributed by atoms with Gasteiger partial charge < -0.3 is 19.7 Å². The van der Waals surface area contributed by atoms with Crippen LogP contribution >= 0.6 is 11.6 Å². The number of benzene rings is 4. The number of imidazole rings is 1. The predicted molar refractivity (Wildman–Crippen MR) is 203 cm³/mol. The summed E-state index contributed by atoms with van der Waals surface area (Å²) in [5.74, 6) is -2.42. The van der Waals surface area contributed by atoms with Crippen LogP contribution in [0.15, 0.2) is 134 Å². The van der Waals surface area contributed by atoms with Gasteiger partial charge in [-0.1, -0.05) is 103 Å². The number of pyridine rings is 1. The highest BCUT2D eigenvalue weighted by atomic mass is 35.5. The number of aryl methyl sites for hydroxylation is 1. The smallest absolute Gasteiger partial charge is 0.344 e. The highest BCUT2D eigenvalue weighted by Crippen LogP contribution is 2.41. The zero-order valence-corrected chi connectivity index (χ0v) is 30.5. The van der Waals surface area contributed by atoms with E-state index in [0.717, 1.165) is 34.9 Å². The van der Waals surface area contributed by atoms with Crippen LogP contribution in [-0.2, 0) is 21.3 Å². The van der Waals surface area contributed by atoms with E-state index in [9.17, 15) is 27.2 Å². The molecule has 1 saturated heterocycles. The Labute approximate surface area is 320 Å². The molecule has 1 N–H and O–H groups in total. The number of amides is 2. The van der Waals surface area contributed by atoms with Crippen LogP contribution in [0.4, 0.5) is 34.9 Å². The number of carbonyl (C=O) groups is 2. The number of likely N-dealkylation sites (N-methyl/N-ethyl adjacent to an activating group) is 1. The molecule has 2 amide bonds. The number of nitrogens with zero attached hydrogens (tertiary/aromatic N) is 5. The number of anilines is 3. The minimum Gasteiger partial charge on any atom is -0.344 e. The number of aromatic nitrogens is 3. The zero-order valence-electron chi connectivity index (χ0n) is 29.7. The van der Waals surface area contributed by atoms with Gasteiger partial charge in [-0.25, -0.2) is 14.4 Å². The van der Waals surface area contributed by atoms with Gasteiger partial charge in [-0.05, 0) is 60.4 Å². The van der Waals surface area contributed by atoms with Crippen molar-refractivity contribution in [2.45, 2.75) is 31.1 Å². The van der Waals surface area contributed by atoms with Crippen molar-refractivity contribution >= 4 is 40.7 Å². The Morgan fingerprint density at radius 1 is 0.836 bits per heavy atom. The highest BCUT2D eigenvalue weighted by molar-refractivity contribution is 6.31. The average Bonchev–Trinajstić information content (AvgIpc) is 3.85. The lowest BCUT2D eigenvalue weighted by Crippen LogP contribution is -2.44. The maximum absolute atomic E-state index is 14.1. The first-order valence-corrected chi connectivity index (χ1v) is 17.8. The lowest BCUT2D eigenvalue weighted by atomic mass is 9.77. The Bertz CT molecular complexity index is 2230. The molecule has 4 aromatic carbocycles. The summed E-state index contributed by atoms with van der Waals surface area (Å²) in [6.07, 6.45) is -1.34. The van der Waals surface area contributed by atoms with Gasteiger partial charge in [0.1, 0.15) is 23.2 Å². The van der Waals surface area contributed by atoms with Gasteiger partial charge in [0.2, 0.25) is 11.8 Å². The van der Waals surface area contributed by atoms with E-state index in [1.807, 2.05) is 95.6 Å². The van der Waals surface area contributed by atoms with Gasteiger partial charge >= 0.3 is 6.18 Å². The Kier molecular flexibility index (Phi) is 10.2. The molecule has 7 rings (SSSR count). The maximum Gasteiger partial charge on any atom is 0.416 e. The van der Waals surface area contributed by atoms with Gasteiger partial charge in [-0.15, -0.1) is 0 Å². The van der Waals surface area contributed by atoms with Gasteiger partial charge in [0.25, 0.3) is 0 Å². The molecule has 0 saturated carbocycles. The first kappa shape index (κ1) is 37.3. The molecule has 1 aliphatic heterocycles. The van der Waals surface area contributed by atoms with Crippen molar-refractivity contribution in [2.75, 3.05) is 28.7 Å². The number of halogens is 5. The number of alkyl halides is 3. The maximum atomic E-state index is 14.1. The fourth-order valence-corrected chi connectivity index (χ4v) is 7.48. The van der Waals surface area contributed by atoms with E-state index < -0.39 is 46.9 Å². The van der Waals surface area contributed by atoms with Gasteiger partial charge in [0.15, 0.2) is 5.82 Å².